The molecule has 0 atom stereocenters. The van der Waals surface area contributed by atoms with Crippen molar-refractivity contribution in [2.75, 3.05) is 19.6 Å². The average Bonchev–Trinajstić information content (AvgIpc) is 2.21. The van der Waals surface area contributed by atoms with E-state index in [0.29, 0.717) is 23.6 Å². The minimum absolute atomic E-state index is 0.150. The van der Waals surface area contributed by atoms with Crippen molar-refractivity contribution in [2.45, 2.75) is 6.92 Å². The molecule has 1 heterocycles. The Bertz CT molecular complexity index is 446. The molecule has 3 nitrogen and oxygen atoms in total. The second kappa shape index (κ2) is 5.02. The molecule has 2 N–H and O–H groups in total. The highest BCUT2D eigenvalue weighted by Crippen LogP contribution is 2.20. The van der Waals surface area contributed by atoms with E-state index in [2.05, 4.69) is 10.6 Å². The number of aryl methyl sites for hydroxylation is 1. The highest BCUT2D eigenvalue weighted by atomic mass is 35.5. The van der Waals surface area contributed by atoms with Gasteiger partial charge in [0.25, 0.3) is 5.91 Å². The minimum Gasteiger partial charge on any atom is -0.352 e. The average molecular weight is 257 g/mol. The molecule has 0 radical (unpaired) electrons. The zero-order valence-corrected chi connectivity index (χ0v) is 10.3. The van der Waals surface area contributed by atoms with Crippen LogP contribution in [0, 0.1) is 18.7 Å². The Morgan fingerprint density at radius 3 is 2.88 bits per heavy atom. The van der Waals surface area contributed by atoms with Crippen LogP contribution in [0.4, 0.5) is 4.39 Å². The fourth-order valence-corrected chi connectivity index (χ4v) is 1.89. The van der Waals surface area contributed by atoms with Crippen LogP contribution in [0.3, 0.4) is 0 Å². The second-order valence-corrected chi connectivity index (χ2v) is 4.72. The molecular formula is C12H14ClFN2O. The lowest BCUT2D eigenvalue weighted by molar-refractivity contribution is 0.0942. The van der Waals surface area contributed by atoms with Gasteiger partial charge in [-0.15, -0.1) is 0 Å². The summed E-state index contributed by atoms with van der Waals surface area (Å²) in [7, 11) is 0. The summed E-state index contributed by atoms with van der Waals surface area (Å²) in [6.45, 7) is 4.09. The summed E-state index contributed by atoms with van der Waals surface area (Å²) >= 11 is 5.85. The highest BCUT2D eigenvalue weighted by molar-refractivity contribution is 6.33. The van der Waals surface area contributed by atoms with E-state index < -0.39 is 5.82 Å². The number of halogens is 2. The third kappa shape index (κ3) is 2.76. The largest absolute Gasteiger partial charge is 0.352 e. The molecule has 0 bridgehead atoms. The van der Waals surface area contributed by atoms with Crippen LogP contribution in [-0.2, 0) is 0 Å². The van der Waals surface area contributed by atoms with Gasteiger partial charge in [0.15, 0.2) is 0 Å². The Kier molecular flexibility index (Phi) is 3.64. The first-order chi connectivity index (χ1) is 8.08. The molecule has 5 heteroatoms. The van der Waals surface area contributed by atoms with Gasteiger partial charge in [-0.2, -0.15) is 0 Å². The number of amides is 1. The van der Waals surface area contributed by atoms with Crippen LogP contribution in [0.25, 0.3) is 0 Å². The van der Waals surface area contributed by atoms with Crippen molar-refractivity contribution in [1.82, 2.24) is 10.6 Å². The summed E-state index contributed by atoms with van der Waals surface area (Å²) in [6, 6.07) is 2.66. The number of carbonyl (C=O) groups excluding carboxylic acids is 1. The molecule has 1 aliphatic heterocycles. The molecule has 0 saturated carbocycles. The Morgan fingerprint density at radius 1 is 1.59 bits per heavy atom. The summed E-state index contributed by atoms with van der Waals surface area (Å²) in [5, 5.41) is 6.08. The van der Waals surface area contributed by atoms with Crippen molar-refractivity contribution in [3.63, 3.8) is 0 Å². The number of hydrogen-bond donors (Lipinski definition) is 2. The van der Waals surface area contributed by atoms with E-state index in [1.165, 1.54) is 12.1 Å². The van der Waals surface area contributed by atoms with E-state index in [1.807, 2.05) is 0 Å². The standard InChI is InChI=1S/C12H14ClFN2O/c1-7-2-9(10(13)3-11(7)14)12(17)16-6-8-4-15-5-8/h2-3,8,15H,4-6H2,1H3,(H,16,17). The van der Waals surface area contributed by atoms with Gasteiger partial charge in [0, 0.05) is 25.6 Å². The quantitative estimate of drug-likeness (QED) is 0.865. The van der Waals surface area contributed by atoms with Crippen molar-refractivity contribution >= 4 is 17.5 Å². The first-order valence-corrected chi connectivity index (χ1v) is 5.90. The smallest absolute Gasteiger partial charge is 0.252 e. The van der Waals surface area contributed by atoms with Crippen molar-refractivity contribution in [3.05, 3.63) is 34.1 Å². The lowest BCUT2D eigenvalue weighted by Gasteiger charge is -2.27. The van der Waals surface area contributed by atoms with Gasteiger partial charge in [-0.25, -0.2) is 4.39 Å². The fraction of sp³-hybridized carbons (Fsp3) is 0.417. The van der Waals surface area contributed by atoms with Crippen LogP contribution >= 0.6 is 11.6 Å². The maximum Gasteiger partial charge on any atom is 0.252 e. The molecule has 17 heavy (non-hydrogen) atoms. The van der Waals surface area contributed by atoms with Crippen LogP contribution in [-0.4, -0.2) is 25.5 Å². The van der Waals surface area contributed by atoms with E-state index in [4.69, 9.17) is 11.6 Å². The third-order valence-electron chi connectivity index (χ3n) is 2.91. The topological polar surface area (TPSA) is 41.1 Å². The number of hydrogen-bond acceptors (Lipinski definition) is 2. The second-order valence-electron chi connectivity index (χ2n) is 4.32. The molecule has 1 amide bonds. The van der Waals surface area contributed by atoms with Gasteiger partial charge >= 0.3 is 0 Å². The molecule has 1 aromatic rings. The predicted octanol–water partition coefficient (Wildman–Crippen LogP) is 1.74. The Labute approximate surface area is 104 Å². The molecule has 0 aromatic heterocycles. The Hall–Kier alpha value is -1.13. The summed E-state index contributed by atoms with van der Waals surface area (Å²) in [5.74, 6) is -0.154. The normalized spacial score (nSPS) is 15.5. The zero-order chi connectivity index (χ0) is 12.4. The van der Waals surface area contributed by atoms with Crippen LogP contribution < -0.4 is 10.6 Å². The lowest BCUT2D eigenvalue weighted by Crippen LogP contribution is -2.48. The molecule has 1 fully saturated rings. The molecule has 0 spiro atoms. The summed E-state index contributed by atoms with van der Waals surface area (Å²) < 4.78 is 13.2. The number of nitrogens with one attached hydrogen (secondary N) is 2. The lowest BCUT2D eigenvalue weighted by atomic mass is 10.0. The Balaban J connectivity index is 2.04. The van der Waals surface area contributed by atoms with Crippen molar-refractivity contribution in [1.29, 1.82) is 0 Å². The van der Waals surface area contributed by atoms with E-state index in [1.54, 1.807) is 6.92 Å². The van der Waals surface area contributed by atoms with E-state index in [9.17, 15) is 9.18 Å². The summed E-state index contributed by atoms with van der Waals surface area (Å²) in [6.07, 6.45) is 0. The third-order valence-corrected chi connectivity index (χ3v) is 3.22. The maximum absolute atomic E-state index is 13.2. The monoisotopic (exact) mass is 256 g/mol. The van der Waals surface area contributed by atoms with Gasteiger partial charge in [0.05, 0.1) is 10.6 Å². The summed E-state index contributed by atoms with van der Waals surface area (Å²) in [4.78, 5) is 11.8. The van der Waals surface area contributed by atoms with Gasteiger partial charge < -0.3 is 10.6 Å². The fourth-order valence-electron chi connectivity index (χ4n) is 1.66. The van der Waals surface area contributed by atoms with Crippen molar-refractivity contribution in [3.8, 4) is 0 Å². The van der Waals surface area contributed by atoms with E-state index in [-0.39, 0.29) is 10.9 Å². The predicted molar refractivity (Wildman–Crippen MR) is 64.8 cm³/mol. The van der Waals surface area contributed by atoms with Gasteiger partial charge in [-0.1, -0.05) is 11.6 Å². The highest BCUT2D eigenvalue weighted by Gasteiger charge is 2.19. The molecule has 0 aliphatic carbocycles. The zero-order valence-electron chi connectivity index (χ0n) is 9.52. The van der Waals surface area contributed by atoms with E-state index >= 15 is 0 Å². The Morgan fingerprint density at radius 2 is 2.29 bits per heavy atom. The molecule has 92 valence electrons. The SMILES string of the molecule is Cc1cc(C(=O)NCC2CNC2)c(Cl)cc1F. The maximum atomic E-state index is 13.2. The first-order valence-electron chi connectivity index (χ1n) is 5.52. The van der Waals surface area contributed by atoms with Gasteiger partial charge in [-0.3, -0.25) is 4.79 Å². The van der Waals surface area contributed by atoms with Crippen LogP contribution in [0.5, 0.6) is 0 Å². The van der Waals surface area contributed by atoms with Gasteiger partial charge in [0.2, 0.25) is 0 Å². The molecule has 1 aromatic carbocycles. The van der Waals surface area contributed by atoms with Gasteiger partial charge in [0.1, 0.15) is 5.82 Å². The first kappa shape index (κ1) is 12.3. The summed E-state index contributed by atoms with van der Waals surface area (Å²) in [5.41, 5.74) is 0.753. The molecular weight excluding hydrogens is 243 g/mol. The number of carbonyl (C=O) groups is 1. The van der Waals surface area contributed by atoms with Crippen LogP contribution in [0.15, 0.2) is 12.1 Å². The molecule has 2 rings (SSSR count). The number of benzene rings is 1. The minimum atomic E-state index is -0.394. The molecule has 1 saturated heterocycles. The van der Waals surface area contributed by atoms with Crippen LogP contribution in [0.2, 0.25) is 5.02 Å². The van der Waals surface area contributed by atoms with Crippen molar-refractivity contribution < 1.29 is 9.18 Å². The molecule has 0 unspecified atom stereocenters. The number of rotatable bonds is 3. The van der Waals surface area contributed by atoms with Crippen molar-refractivity contribution in [2.24, 2.45) is 5.92 Å². The van der Waals surface area contributed by atoms with Crippen LogP contribution in [0.1, 0.15) is 15.9 Å². The van der Waals surface area contributed by atoms with E-state index in [0.717, 1.165) is 13.1 Å². The van der Waals surface area contributed by atoms with Gasteiger partial charge in [-0.05, 0) is 24.6 Å². The molecule has 1 aliphatic rings.